The van der Waals surface area contributed by atoms with Gasteiger partial charge in [0.05, 0.1) is 11.5 Å². The molecular formula is C16H25NO3S. The van der Waals surface area contributed by atoms with Crippen LogP contribution in [0.2, 0.25) is 0 Å². The summed E-state index contributed by atoms with van der Waals surface area (Å²) >= 11 is 1.70. The molecule has 4 nitrogen and oxygen atoms in total. The number of aliphatic carboxylic acids is 1. The second-order valence-corrected chi connectivity index (χ2v) is 7.67. The zero-order valence-electron chi connectivity index (χ0n) is 13.6. The van der Waals surface area contributed by atoms with E-state index in [2.05, 4.69) is 11.4 Å². The monoisotopic (exact) mass is 311 g/mol. The Morgan fingerprint density at radius 1 is 1.33 bits per heavy atom. The Morgan fingerprint density at radius 3 is 2.29 bits per heavy atom. The van der Waals surface area contributed by atoms with Crippen LogP contribution in [-0.4, -0.2) is 17.0 Å². The van der Waals surface area contributed by atoms with Gasteiger partial charge in [0.2, 0.25) is 5.91 Å². The van der Waals surface area contributed by atoms with Crippen molar-refractivity contribution in [3.05, 3.63) is 21.4 Å². The van der Waals surface area contributed by atoms with Crippen molar-refractivity contribution in [3.8, 4) is 0 Å². The second kappa shape index (κ2) is 6.60. The molecule has 0 spiro atoms. The van der Waals surface area contributed by atoms with Crippen molar-refractivity contribution in [1.82, 2.24) is 5.32 Å². The number of carbonyl (C=O) groups is 2. The number of amides is 1. The minimum absolute atomic E-state index is 0.00743. The largest absolute Gasteiger partial charge is 0.481 e. The first-order chi connectivity index (χ1) is 9.57. The van der Waals surface area contributed by atoms with Gasteiger partial charge in [-0.05, 0) is 45.2 Å². The van der Waals surface area contributed by atoms with Gasteiger partial charge in [-0.1, -0.05) is 13.8 Å². The Balaban J connectivity index is 2.77. The van der Waals surface area contributed by atoms with E-state index in [1.807, 2.05) is 34.6 Å². The fourth-order valence-electron chi connectivity index (χ4n) is 2.31. The summed E-state index contributed by atoms with van der Waals surface area (Å²) in [5.74, 6) is -1.26. The molecule has 1 heterocycles. The lowest BCUT2D eigenvalue weighted by Crippen LogP contribution is -2.39. The van der Waals surface area contributed by atoms with Gasteiger partial charge < -0.3 is 10.4 Å². The maximum Gasteiger partial charge on any atom is 0.310 e. The SMILES string of the molecule is Cc1cc(C(C)NC(=O)CC(C)(C(=O)O)C(C)C)c(C)s1. The van der Waals surface area contributed by atoms with E-state index in [1.54, 1.807) is 18.3 Å². The molecule has 1 rings (SSSR count). The molecule has 5 heteroatoms. The van der Waals surface area contributed by atoms with Crippen molar-refractivity contribution in [2.75, 3.05) is 0 Å². The summed E-state index contributed by atoms with van der Waals surface area (Å²) in [6, 6.07) is 1.97. The van der Waals surface area contributed by atoms with Gasteiger partial charge in [-0.25, -0.2) is 0 Å². The molecule has 1 aromatic heterocycles. The van der Waals surface area contributed by atoms with Gasteiger partial charge in [-0.15, -0.1) is 11.3 Å². The molecule has 0 aliphatic carbocycles. The number of aryl methyl sites for hydroxylation is 2. The Morgan fingerprint density at radius 2 is 1.90 bits per heavy atom. The lowest BCUT2D eigenvalue weighted by atomic mass is 9.76. The normalized spacial score (nSPS) is 15.6. The summed E-state index contributed by atoms with van der Waals surface area (Å²) in [4.78, 5) is 26.0. The fraction of sp³-hybridized carbons (Fsp3) is 0.625. The summed E-state index contributed by atoms with van der Waals surface area (Å²) in [5.41, 5.74) is 0.0658. The highest BCUT2D eigenvalue weighted by Crippen LogP contribution is 2.32. The van der Waals surface area contributed by atoms with E-state index < -0.39 is 11.4 Å². The topological polar surface area (TPSA) is 66.4 Å². The first kappa shape index (κ1) is 17.7. The number of thiophene rings is 1. The van der Waals surface area contributed by atoms with Gasteiger partial charge in [0.15, 0.2) is 0 Å². The van der Waals surface area contributed by atoms with Gasteiger partial charge in [-0.2, -0.15) is 0 Å². The molecular weight excluding hydrogens is 286 g/mol. The molecule has 1 aromatic rings. The smallest absolute Gasteiger partial charge is 0.310 e. The van der Waals surface area contributed by atoms with Crippen LogP contribution in [0.15, 0.2) is 6.07 Å². The molecule has 0 saturated carbocycles. The second-order valence-electron chi connectivity index (χ2n) is 6.21. The van der Waals surface area contributed by atoms with Gasteiger partial charge in [0.1, 0.15) is 0 Å². The maximum atomic E-state index is 12.2. The number of hydrogen-bond acceptors (Lipinski definition) is 3. The van der Waals surface area contributed by atoms with Crippen molar-refractivity contribution < 1.29 is 14.7 Å². The van der Waals surface area contributed by atoms with Crippen LogP contribution in [0.1, 0.15) is 55.5 Å². The Hall–Kier alpha value is -1.36. The van der Waals surface area contributed by atoms with Crippen LogP contribution >= 0.6 is 11.3 Å². The quantitative estimate of drug-likeness (QED) is 0.842. The molecule has 1 amide bonds. The molecule has 2 atom stereocenters. The van der Waals surface area contributed by atoms with Crippen LogP contribution < -0.4 is 5.32 Å². The zero-order chi connectivity index (χ0) is 16.4. The summed E-state index contributed by atoms with van der Waals surface area (Å²) in [6.45, 7) is 11.3. The van der Waals surface area contributed by atoms with Crippen LogP contribution in [0.25, 0.3) is 0 Å². The highest BCUT2D eigenvalue weighted by Gasteiger charge is 2.39. The Bertz CT molecular complexity index is 536. The van der Waals surface area contributed by atoms with E-state index in [4.69, 9.17) is 0 Å². The van der Waals surface area contributed by atoms with E-state index in [0.29, 0.717) is 0 Å². The number of nitrogens with one attached hydrogen (secondary N) is 1. The lowest BCUT2D eigenvalue weighted by Gasteiger charge is -2.29. The summed E-state index contributed by atoms with van der Waals surface area (Å²) in [6.07, 6.45) is -0.00743. The predicted octanol–water partition coefficient (Wildman–Crippen LogP) is 3.68. The van der Waals surface area contributed by atoms with Crippen LogP contribution in [-0.2, 0) is 9.59 Å². The minimum Gasteiger partial charge on any atom is -0.481 e. The van der Waals surface area contributed by atoms with Crippen molar-refractivity contribution in [2.24, 2.45) is 11.3 Å². The molecule has 118 valence electrons. The Kier molecular flexibility index (Phi) is 5.56. The third kappa shape index (κ3) is 4.06. The molecule has 0 radical (unpaired) electrons. The van der Waals surface area contributed by atoms with E-state index in [9.17, 15) is 14.7 Å². The Labute approximate surface area is 130 Å². The molecule has 0 aliphatic rings. The van der Waals surface area contributed by atoms with Crippen molar-refractivity contribution >= 4 is 23.2 Å². The number of carboxylic acids is 1. The molecule has 0 bridgehead atoms. The van der Waals surface area contributed by atoms with Crippen LogP contribution in [0.5, 0.6) is 0 Å². The summed E-state index contributed by atoms with van der Waals surface area (Å²) in [5, 5.41) is 12.3. The summed E-state index contributed by atoms with van der Waals surface area (Å²) in [7, 11) is 0. The third-order valence-electron chi connectivity index (χ3n) is 4.21. The average molecular weight is 311 g/mol. The molecule has 21 heavy (non-hydrogen) atoms. The van der Waals surface area contributed by atoms with Gasteiger partial charge in [-0.3, -0.25) is 9.59 Å². The van der Waals surface area contributed by atoms with E-state index in [0.717, 1.165) is 5.56 Å². The van der Waals surface area contributed by atoms with Crippen LogP contribution in [0.4, 0.5) is 0 Å². The number of rotatable bonds is 6. The molecule has 0 aromatic carbocycles. The van der Waals surface area contributed by atoms with Crippen molar-refractivity contribution in [2.45, 2.75) is 54.0 Å². The van der Waals surface area contributed by atoms with Crippen molar-refractivity contribution in [1.29, 1.82) is 0 Å². The lowest BCUT2D eigenvalue weighted by molar-refractivity contribution is -0.153. The molecule has 2 unspecified atom stereocenters. The van der Waals surface area contributed by atoms with E-state index in [-0.39, 0.29) is 24.3 Å². The van der Waals surface area contributed by atoms with Gasteiger partial charge in [0.25, 0.3) is 0 Å². The van der Waals surface area contributed by atoms with Crippen LogP contribution in [0, 0.1) is 25.2 Å². The molecule has 0 aliphatic heterocycles. The number of carbonyl (C=O) groups excluding carboxylic acids is 1. The minimum atomic E-state index is -1.04. The standard InChI is InChI=1S/C16H25NO3S/c1-9(2)16(6,15(19)20)8-14(18)17-11(4)13-7-10(3)21-12(13)5/h7,9,11H,8H2,1-6H3,(H,17,18)(H,19,20). The summed E-state index contributed by atoms with van der Waals surface area (Å²) < 4.78 is 0. The predicted molar refractivity (Wildman–Crippen MR) is 85.5 cm³/mol. The third-order valence-corrected chi connectivity index (χ3v) is 5.20. The van der Waals surface area contributed by atoms with Gasteiger partial charge in [0, 0.05) is 16.2 Å². The fourth-order valence-corrected chi connectivity index (χ4v) is 3.33. The first-order valence-electron chi connectivity index (χ1n) is 7.17. The highest BCUT2D eigenvalue weighted by molar-refractivity contribution is 7.12. The van der Waals surface area contributed by atoms with Gasteiger partial charge >= 0.3 is 5.97 Å². The maximum absolute atomic E-state index is 12.2. The number of hydrogen-bond donors (Lipinski definition) is 2. The number of carboxylic acid groups (broad SMARTS) is 1. The first-order valence-corrected chi connectivity index (χ1v) is 7.99. The van der Waals surface area contributed by atoms with Crippen LogP contribution in [0.3, 0.4) is 0 Å². The average Bonchev–Trinajstić information content (AvgIpc) is 2.67. The molecule has 2 N–H and O–H groups in total. The zero-order valence-corrected chi connectivity index (χ0v) is 14.4. The van der Waals surface area contributed by atoms with E-state index in [1.165, 1.54) is 9.75 Å². The van der Waals surface area contributed by atoms with E-state index >= 15 is 0 Å². The highest BCUT2D eigenvalue weighted by atomic mass is 32.1. The molecule has 0 saturated heterocycles. The molecule has 0 fully saturated rings. The van der Waals surface area contributed by atoms with Crippen molar-refractivity contribution in [3.63, 3.8) is 0 Å².